The molecule has 9 unspecified atom stereocenters. The summed E-state index contributed by atoms with van der Waals surface area (Å²) >= 11 is 7.95. The Morgan fingerprint density at radius 3 is 2.41 bits per heavy atom. The molecule has 2 heteroatoms. The van der Waals surface area contributed by atoms with E-state index in [2.05, 4.69) is 149 Å². The Morgan fingerprint density at radius 2 is 1.61 bits per heavy atom. The Labute approximate surface area is 280 Å². The van der Waals surface area contributed by atoms with Crippen LogP contribution in [-0.4, -0.2) is 4.83 Å². The quantitative estimate of drug-likeness (QED) is 0.279. The zero-order valence-corrected chi connectivity index (χ0v) is 29.0. The highest BCUT2D eigenvalue weighted by molar-refractivity contribution is 9.11. The van der Waals surface area contributed by atoms with Gasteiger partial charge >= 0.3 is 0 Å². The lowest BCUT2D eigenvalue weighted by atomic mass is 9.49. The van der Waals surface area contributed by atoms with E-state index in [4.69, 9.17) is 0 Å². The van der Waals surface area contributed by atoms with Gasteiger partial charge in [-0.05, 0) is 109 Å². The number of rotatable bonds is 3. The molecule has 0 radical (unpaired) electrons. The second-order valence-electron chi connectivity index (χ2n) is 14.3. The molecule has 0 spiro atoms. The van der Waals surface area contributed by atoms with Crippen molar-refractivity contribution in [2.45, 2.75) is 62.6 Å². The lowest BCUT2D eigenvalue weighted by molar-refractivity contribution is 0.167. The van der Waals surface area contributed by atoms with Gasteiger partial charge in [-0.25, -0.2) is 0 Å². The van der Waals surface area contributed by atoms with E-state index in [1.165, 1.54) is 52.4 Å². The molecule has 0 nitrogen and oxygen atoms in total. The molecule has 0 heterocycles. The van der Waals surface area contributed by atoms with E-state index in [0.29, 0.717) is 52.2 Å². The Morgan fingerprint density at radius 1 is 0.795 bits per heavy atom. The van der Waals surface area contributed by atoms with Crippen LogP contribution in [0.4, 0.5) is 0 Å². The summed E-state index contributed by atoms with van der Waals surface area (Å²) in [5.41, 5.74) is 12.4. The summed E-state index contributed by atoms with van der Waals surface area (Å²) in [5, 5.41) is 0. The van der Waals surface area contributed by atoms with Crippen LogP contribution >= 0.6 is 31.9 Å². The highest BCUT2D eigenvalue weighted by Crippen LogP contribution is 2.63. The summed E-state index contributed by atoms with van der Waals surface area (Å²) in [6.45, 7) is 4.53. The topological polar surface area (TPSA) is 0 Å². The number of halogens is 2. The van der Waals surface area contributed by atoms with Crippen molar-refractivity contribution >= 4 is 37.4 Å². The van der Waals surface area contributed by atoms with Gasteiger partial charge in [-0.2, -0.15) is 0 Å². The van der Waals surface area contributed by atoms with Crippen LogP contribution in [0.5, 0.6) is 0 Å². The normalized spacial score (nSPS) is 35.8. The maximum absolute atomic E-state index is 4.03. The summed E-state index contributed by atoms with van der Waals surface area (Å²) in [7, 11) is 0. The standard InChI is InChI=1S/C42H42Br2/c1-25-20-26(2)22-32(21-25)27-8-10-31(11-9-27)40-41-35(18-14-28-12-16-33(43)23-37(28)41)39(30-6-4-3-5-7-30)36-19-15-29-13-17-34(44)24-38(29)42(36)40/h3-14,16-17,20-21,24,29,32-33,35-39,41H,15,18-19,22-23H2,1-2H3. The molecule has 1 fully saturated rings. The highest BCUT2D eigenvalue weighted by atomic mass is 79.9. The lowest BCUT2D eigenvalue weighted by Crippen LogP contribution is -2.45. The minimum Gasteiger partial charge on any atom is -0.0845 e. The van der Waals surface area contributed by atoms with E-state index in [9.17, 15) is 0 Å². The predicted molar refractivity (Wildman–Crippen MR) is 193 cm³/mol. The number of alkyl halides is 1. The van der Waals surface area contributed by atoms with Crippen LogP contribution in [0, 0.1) is 35.5 Å². The first kappa shape index (κ1) is 29.0. The van der Waals surface area contributed by atoms with Gasteiger partial charge in [-0.15, -0.1) is 0 Å². The summed E-state index contributed by atoms with van der Waals surface area (Å²) in [5.74, 6) is 4.32. The fraction of sp³-hybridized carbons (Fsp3) is 0.381. The molecule has 9 atom stereocenters. The lowest BCUT2D eigenvalue weighted by Gasteiger charge is -2.55. The van der Waals surface area contributed by atoms with E-state index in [1.807, 2.05) is 0 Å². The van der Waals surface area contributed by atoms with Crippen molar-refractivity contribution in [2.75, 3.05) is 0 Å². The predicted octanol–water partition coefficient (Wildman–Crippen LogP) is 12.0. The van der Waals surface area contributed by atoms with Crippen LogP contribution < -0.4 is 0 Å². The average molecular weight is 707 g/mol. The van der Waals surface area contributed by atoms with Crippen molar-refractivity contribution in [3.63, 3.8) is 0 Å². The fourth-order valence-corrected chi connectivity index (χ4v) is 11.0. The van der Waals surface area contributed by atoms with Crippen molar-refractivity contribution < 1.29 is 0 Å². The van der Waals surface area contributed by atoms with E-state index in [-0.39, 0.29) is 0 Å². The van der Waals surface area contributed by atoms with E-state index in [0.717, 1.165) is 6.42 Å². The Balaban J connectivity index is 1.33. The van der Waals surface area contributed by atoms with Crippen LogP contribution in [0.15, 0.2) is 130 Å². The zero-order valence-electron chi connectivity index (χ0n) is 25.8. The van der Waals surface area contributed by atoms with Crippen molar-refractivity contribution in [3.8, 4) is 0 Å². The first-order chi connectivity index (χ1) is 21.4. The molecule has 1 saturated carbocycles. The summed E-state index contributed by atoms with van der Waals surface area (Å²) in [6.07, 6.45) is 25.6. The highest BCUT2D eigenvalue weighted by Gasteiger charge is 2.52. The third kappa shape index (κ3) is 5.09. The molecule has 6 aliphatic rings. The molecular formula is C42H42Br2. The van der Waals surface area contributed by atoms with Gasteiger partial charge in [0.1, 0.15) is 0 Å². The summed E-state index contributed by atoms with van der Waals surface area (Å²) in [6, 6.07) is 21.5. The van der Waals surface area contributed by atoms with Gasteiger partial charge in [0, 0.05) is 21.1 Å². The molecule has 44 heavy (non-hydrogen) atoms. The largest absolute Gasteiger partial charge is 0.0845 e. The summed E-state index contributed by atoms with van der Waals surface area (Å²) in [4.78, 5) is 0.438. The van der Waals surface area contributed by atoms with Crippen molar-refractivity contribution in [1.82, 2.24) is 0 Å². The smallest absolute Gasteiger partial charge is 0.0334 e. The molecule has 224 valence electrons. The molecule has 8 rings (SSSR count). The molecule has 2 aromatic rings. The van der Waals surface area contributed by atoms with E-state index in [1.54, 1.807) is 22.3 Å². The number of fused-ring (bicyclic) bond motifs is 6. The van der Waals surface area contributed by atoms with Crippen molar-refractivity contribution in [1.29, 1.82) is 0 Å². The maximum Gasteiger partial charge on any atom is 0.0334 e. The zero-order chi connectivity index (χ0) is 29.9. The van der Waals surface area contributed by atoms with Gasteiger partial charge in [0.05, 0.1) is 0 Å². The van der Waals surface area contributed by atoms with Crippen LogP contribution in [0.25, 0.3) is 5.57 Å². The molecule has 6 aliphatic carbocycles. The average Bonchev–Trinajstić information content (AvgIpc) is 3.03. The molecule has 2 aromatic carbocycles. The minimum atomic E-state index is 0.438. The molecule has 0 aromatic heterocycles. The molecule has 0 aliphatic heterocycles. The number of hydrogen-bond acceptors (Lipinski definition) is 0. The molecular weight excluding hydrogens is 664 g/mol. The number of hydrogen-bond donors (Lipinski definition) is 0. The van der Waals surface area contributed by atoms with Gasteiger partial charge < -0.3 is 0 Å². The summed E-state index contributed by atoms with van der Waals surface area (Å²) < 4.78 is 1.24. The van der Waals surface area contributed by atoms with Crippen LogP contribution in [0.1, 0.15) is 74.5 Å². The third-order valence-electron chi connectivity index (χ3n) is 11.7. The second kappa shape index (κ2) is 11.7. The van der Waals surface area contributed by atoms with Gasteiger partial charge in [0.2, 0.25) is 0 Å². The Hall–Kier alpha value is -2.42. The number of allylic oxidation sites excluding steroid dienone is 14. The van der Waals surface area contributed by atoms with Crippen LogP contribution in [0.3, 0.4) is 0 Å². The maximum atomic E-state index is 4.03. The minimum absolute atomic E-state index is 0.438. The Kier molecular flexibility index (Phi) is 7.74. The second-order valence-corrected chi connectivity index (χ2v) is 16.4. The van der Waals surface area contributed by atoms with Gasteiger partial charge in [-0.1, -0.05) is 152 Å². The van der Waals surface area contributed by atoms with Crippen molar-refractivity contribution in [2.24, 2.45) is 35.5 Å². The van der Waals surface area contributed by atoms with Crippen LogP contribution in [0.2, 0.25) is 0 Å². The molecule has 0 saturated heterocycles. The molecule has 0 bridgehead atoms. The first-order valence-corrected chi connectivity index (χ1v) is 18.5. The van der Waals surface area contributed by atoms with Gasteiger partial charge in [0.25, 0.3) is 0 Å². The fourth-order valence-electron chi connectivity index (χ4n) is 10.0. The molecule has 0 amide bonds. The monoisotopic (exact) mass is 704 g/mol. The van der Waals surface area contributed by atoms with E-state index >= 15 is 0 Å². The van der Waals surface area contributed by atoms with Gasteiger partial charge in [-0.3, -0.25) is 0 Å². The van der Waals surface area contributed by atoms with Crippen molar-refractivity contribution in [3.05, 3.63) is 147 Å². The van der Waals surface area contributed by atoms with Crippen LogP contribution in [-0.2, 0) is 0 Å². The molecule has 0 N–H and O–H groups in total. The Bertz CT molecular complexity index is 1660. The van der Waals surface area contributed by atoms with E-state index < -0.39 is 0 Å². The number of benzene rings is 2. The first-order valence-electron chi connectivity index (χ1n) is 16.8. The SMILES string of the molecule is CC1=CC(c2ccc(C3=C4C5C=C(Br)C=CC5CCC4C(c4ccccc4)C4CC=C5C=CC(Br)CC5C34)cc2)CC(C)=C1. The third-order valence-corrected chi connectivity index (χ3v) is 12.9. The van der Waals surface area contributed by atoms with Gasteiger partial charge in [0.15, 0.2) is 0 Å².